The number of benzene rings is 3. The fraction of sp³-hybridized carbons (Fsp3) is 0.522. The number of carboxylic acids is 1. The number of carboxylic acid groups (broad SMARTS) is 1. The number of para-hydroxylation sites is 1. The van der Waals surface area contributed by atoms with Crippen molar-refractivity contribution in [2.45, 2.75) is 190 Å². The first-order valence-electron chi connectivity index (χ1n) is 34.3. The molecule has 3 aliphatic rings. The van der Waals surface area contributed by atoms with Crippen molar-refractivity contribution in [2.75, 3.05) is 31.1 Å². The number of hydrogen-bond acceptors (Lipinski definition) is 17. The van der Waals surface area contributed by atoms with Crippen molar-refractivity contribution in [2.24, 2.45) is 33.8 Å². The minimum atomic E-state index is -1.59. The van der Waals surface area contributed by atoms with Gasteiger partial charge in [0.1, 0.15) is 60.1 Å². The minimum absolute atomic E-state index is 0.0375. The van der Waals surface area contributed by atoms with Crippen molar-refractivity contribution in [1.29, 1.82) is 0 Å². The van der Waals surface area contributed by atoms with Gasteiger partial charge in [-0.1, -0.05) is 101 Å². The smallest absolute Gasteiger partial charge is 0.303 e. The van der Waals surface area contributed by atoms with Gasteiger partial charge in [-0.2, -0.15) is 0 Å². The number of rotatable bonds is 21. The van der Waals surface area contributed by atoms with Crippen molar-refractivity contribution in [3.05, 3.63) is 101 Å². The van der Waals surface area contributed by atoms with Gasteiger partial charge in [0.2, 0.25) is 65.0 Å². The van der Waals surface area contributed by atoms with Crippen LogP contribution < -0.4 is 70.8 Å². The lowest BCUT2D eigenvalue weighted by molar-refractivity contribution is -0.140. The number of aromatic amines is 1. The van der Waals surface area contributed by atoms with E-state index in [0.717, 1.165) is 38.1 Å². The van der Waals surface area contributed by atoms with Crippen molar-refractivity contribution in [1.82, 2.24) is 57.7 Å². The van der Waals surface area contributed by atoms with E-state index in [1.807, 2.05) is 37.3 Å². The van der Waals surface area contributed by atoms with Crippen LogP contribution in [0.3, 0.4) is 0 Å². The van der Waals surface area contributed by atoms with Crippen LogP contribution in [0.4, 0.5) is 0 Å². The second kappa shape index (κ2) is 39.5. The summed E-state index contributed by atoms with van der Waals surface area (Å²) in [5, 5.41) is 45.7. The first-order valence-corrected chi connectivity index (χ1v) is 36.7. The van der Waals surface area contributed by atoms with Crippen molar-refractivity contribution < 1.29 is 67.7 Å². The lowest BCUT2D eigenvalue weighted by atomic mass is 9.95. The molecule has 2 saturated heterocycles. The molecule has 11 amide bonds. The number of likely N-dealkylation sites (tertiary alicyclic amines) is 1. The number of aliphatic imine (C=N–C) groups is 1. The molecule has 2 aliphatic heterocycles. The number of nitrogens with zero attached hydrogens (tertiary/aromatic N) is 2. The summed E-state index contributed by atoms with van der Waals surface area (Å²) in [5.41, 5.74) is 26.5. The molecule has 7 rings (SSSR count). The highest BCUT2D eigenvalue weighted by molar-refractivity contribution is 8.76. The molecule has 30 nitrogen and oxygen atoms in total. The Bertz CT molecular complexity index is 3570. The topological polar surface area (TPSA) is 489 Å². The van der Waals surface area contributed by atoms with E-state index in [0.29, 0.717) is 68.1 Å². The summed E-state index contributed by atoms with van der Waals surface area (Å²) in [7, 11) is 1.87. The third-order valence-corrected chi connectivity index (χ3v) is 20.3. The molecule has 548 valence electrons. The van der Waals surface area contributed by atoms with Crippen molar-refractivity contribution >= 4 is 109 Å². The summed E-state index contributed by atoms with van der Waals surface area (Å²) in [6.45, 7) is 4.03. The zero-order valence-electron chi connectivity index (χ0n) is 56.9. The van der Waals surface area contributed by atoms with E-state index in [2.05, 4.69) is 57.8 Å². The van der Waals surface area contributed by atoms with Gasteiger partial charge in [-0.05, 0) is 112 Å². The Balaban J connectivity index is 1.24. The standard InChI is InChI=1S/C69H96N16O14S2/c1-39-19-21-41(22-20-39)33-51-63(94)78-48(16-10-30-75-69(72)73)61(92)74-29-9-3-4-18-56(87)77-52(35-44-36-76-47-15-8-7-14-46(44)47)65(96)79-49(27-28-58(89)90)62(93)82-53(60(71)91)37-100-101-38-54(66(97)84-59(68(99)81-51)43-12-5-6-13-43)83-64(95)50(34-42-23-25-45(86)26-24-42)80-67(98)55-17-11-31-85(55)57(88)32-40(2)70/h7-8,14-15,19-26,36,40,43,48-55,59,76,86H,3-6,9-13,16-18,27-35,37-38,70H2,1-2H3,(H2,71,91)(H,74,92)(H,77,87)(H,78,94)(H,79,96)(H,80,98)(H,81,99)(H,82,93)(H,83,95)(H,84,97)(H,89,90)(H4,72,73,75)/t40?,48-,49-,50-,51-,52-,53-,54-,55-,59-/m0/s1. The van der Waals surface area contributed by atoms with Crippen molar-refractivity contribution in [3.8, 4) is 5.75 Å². The van der Waals surface area contributed by atoms with Gasteiger partial charge in [-0.25, -0.2) is 0 Å². The molecule has 20 N–H and O–H groups in total. The highest BCUT2D eigenvalue weighted by Gasteiger charge is 2.40. The zero-order chi connectivity index (χ0) is 73.1. The molecule has 0 spiro atoms. The average molecular weight is 1440 g/mol. The van der Waals surface area contributed by atoms with E-state index in [4.69, 9.17) is 22.9 Å². The maximum absolute atomic E-state index is 15.3. The van der Waals surface area contributed by atoms with Crippen LogP contribution in [0.2, 0.25) is 0 Å². The van der Waals surface area contributed by atoms with Crippen LogP contribution in [0.5, 0.6) is 5.75 Å². The molecule has 0 bridgehead atoms. The number of H-pyrrole nitrogens is 1. The van der Waals surface area contributed by atoms with Crippen LogP contribution in [0.15, 0.2) is 84.0 Å². The highest BCUT2D eigenvalue weighted by Crippen LogP contribution is 2.30. The number of phenolic OH excluding ortho intramolecular Hbond substituents is 1. The van der Waals surface area contributed by atoms with Crippen LogP contribution in [0.25, 0.3) is 10.9 Å². The average Bonchev–Trinajstić information content (AvgIpc) is 1.72. The molecule has 32 heteroatoms. The van der Waals surface area contributed by atoms with Gasteiger partial charge in [0, 0.05) is 92.8 Å². The number of nitrogens with one attached hydrogen (secondary N) is 10. The number of aryl methyl sites for hydroxylation is 1. The third kappa shape index (κ3) is 25.3. The second-order valence-electron chi connectivity index (χ2n) is 26.0. The number of amides is 11. The summed E-state index contributed by atoms with van der Waals surface area (Å²) >= 11 is 0. The second-order valence-corrected chi connectivity index (χ2v) is 28.6. The van der Waals surface area contributed by atoms with Crippen LogP contribution in [0, 0.1) is 12.8 Å². The Morgan fingerprint density at radius 2 is 1.35 bits per heavy atom. The maximum Gasteiger partial charge on any atom is 0.303 e. The number of guanidine groups is 1. The minimum Gasteiger partial charge on any atom is -0.508 e. The lowest BCUT2D eigenvalue weighted by Crippen LogP contribution is -2.61. The van der Waals surface area contributed by atoms with Crippen LogP contribution in [-0.2, 0) is 76.8 Å². The first kappa shape index (κ1) is 78.9. The molecular formula is C69H96N16O14S2. The normalized spacial score (nSPS) is 23.1. The fourth-order valence-corrected chi connectivity index (χ4v) is 14.7. The number of aliphatic carboxylic acids is 1. The number of fused-ring (bicyclic) bond motifs is 1. The van der Waals surface area contributed by atoms with E-state index in [1.54, 1.807) is 31.3 Å². The van der Waals surface area contributed by atoms with Crippen molar-refractivity contribution in [3.63, 3.8) is 0 Å². The number of hydrogen-bond donors (Lipinski definition) is 16. The first-order chi connectivity index (χ1) is 48.3. The van der Waals surface area contributed by atoms with Gasteiger partial charge >= 0.3 is 5.97 Å². The third-order valence-electron chi connectivity index (χ3n) is 17.9. The SMILES string of the molecule is Cc1ccc(C[C@@H]2NC(=O)[C@H](C3CCCC3)NC(=O)[C@@H](NC(=O)[C@H](Cc3ccc(O)cc3)NC(=O)[C@@H]3CCCN3C(=O)CC(C)N)CSSC[C@@H](C(N)=O)NC(=O)[C@H](CCC(=O)O)NC(=O)[C@H](Cc3c[nH]c4ccccc34)NC(=O)CCCCCNC(=O)[C@H](CCCN=C(N)N)NC2=O)cc1. The molecule has 3 heterocycles. The quantitative estimate of drug-likeness (QED) is 0.0233. The van der Waals surface area contributed by atoms with Crippen LogP contribution in [-0.4, -0.2) is 189 Å². The number of nitrogens with two attached hydrogens (primary N) is 4. The molecule has 3 fully saturated rings. The number of aromatic hydroxyl groups is 1. The summed E-state index contributed by atoms with van der Waals surface area (Å²) in [6.07, 6.45) is 4.61. The van der Waals surface area contributed by atoms with Gasteiger partial charge < -0.3 is 90.9 Å². The number of primary amides is 1. The Morgan fingerprint density at radius 3 is 2.03 bits per heavy atom. The molecule has 0 radical (unpaired) electrons. The fourth-order valence-electron chi connectivity index (χ4n) is 12.4. The Hall–Kier alpha value is -9.43. The maximum atomic E-state index is 15.3. The zero-order valence-corrected chi connectivity index (χ0v) is 58.6. The molecule has 10 atom stereocenters. The Morgan fingerprint density at radius 1 is 0.693 bits per heavy atom. The van der Waals surface area contributed by atoms with Gasteiger partial charge in [0.15, 0.2) is 5.96 Å². The lowest BCUT2D eigenvalue weighted by Gasteiger charge is -2.30. The van der Waals surface area contributed by atoms with E-state index in [-0.39, 0.29) is 100 Å². The number of carbonyl (C=O) groups excluding carboxylic acids is 11. The Labute approximate surface area is 593 Å². The van der Waals surface area contributed by atoms with Crippen LogP contribution in [0.1, 0.15) is 125 Å². The van der Waals surface area contributed by atoms with Gasteiger partial charge in [0.05, 0.1) is 0 Å². The monoisotopic (exact) mass is 1440 g/mol. The molecular weight excluding hydrogens is 1340 g/mol. The van der Waals surface area contributed by atoms with E-state index >= 15 is 14.4 Å². The number of carbonyl (C=O) groups is 12. The van der Waals surface area contributed by atoms with Gasteiger partial charge in [-0.15, -0.1) is 0 Å². The predicted molar refractivity (Wildman–Crippen MR) is 381 cm³/mol. The van der Waals surface area contributed by atoms with E-state index in [9.17, 15) is 53.4 Å². The largest absolute Gasteiger partial charge is 0.508 e. The summed E-state index contributed by atoms with van der Waals surface area (Å²) in [4.78, 5) is 179. The molecule has 1 unspecified atom stereocenters. The molecule has 1 aliphatic carbocycles. The number of aromatic nitrogens is 1. The van der Waals surface area contributed by atoms with Gasteiger partial charge in [0.25, 0.3) is 0 Å². The van der Waals surface area contributed by atoms with Gasteiger partial charge in [-0.3, -0.25) is 62.5 Å². The number of phenols is 1. The molecule has 1 aromatic heterocycles. The summed E-state index contributed by atoms with van der Waals surface area (Å²) in [5.74, 6) is -10.9. The molecule has 1 saturated carbocycles. The molecule has 3 aromatic carbocycles. The Kier molecular flexibility index (Phi) is 30.9. The van der Waals surface area contributed by atoms with E-state index in [1.165, 1.54) is 29.2 Å². The highest BCUT2D eigenvalue weighted by atomic mass is 33.1. The molecule has 4 aromatic rings. The summed E-state index contributed by atoms with van der Waals surface area (Å²) in [6, 6.07) is 7.62. The predicted octanol–water partition coefficient (Wildman–Crippen LogP) is 0.482. The van der Waals surface area contributed by atoms with E-state index < -0.39 is 144 Å². The molecule has 101 heavy (non-hydrogen) atoms. The van der Waals surface area contributed by atoms with Crippen LogP contribution >= 0.6 is 21.6 Å². The summed E-state index contributed by atoms with van der Waals surface area (Å²) < 4.78 is 0.